The van der Waals surface area contributed by atoms with Gasteiger partial charge in [-0.05, 0) is 30.5 Å². The minimum absolute atomic E-state index is 0.424. The molecule has 4 N–H and O–H groups in total. The number of hydrogen-bond donors (Lipinski definition) is 2. The van der Waals surface area contributed by atoms with Crippen LogP contribution in [0, 0.1) is 0 Å². The lowest BCUT2D eigenvalue weighted by atomic mass is 10.1. The largest absolute Gasteiger partial charge is 0.468 e. The molecule has 0 heterocycles. The Morgan fingerprint density at radius 2 is 2.14 bits per heavy atom. The maximum absolute atomic E-state index is 9.86. The average molecular weight is 194 g/mol. The summed E-state index contributed by atoms with van der Waals surface area (Å²) in [6.45, 7) is 0.875. The fourth-order valence-electron chi connectivity index (χ4n) is 1.24. The van der Waals surface area contributed by atoms with Gasteiger partial charge in [0, 0.05) is 11.4 Å². The average Bonchev–Trinajstić information content (AvgIpc) is 2.15. The van der Waals surface area contributed by atoms with Gasteiger partial charge in [0.25, 0.3) is 6.47 Å². The molecule has 1 aromatic carbocycles. The lowest BCUT2D eigenvalue weighted by Gasteiger charge is -2.05. The number of rotatable bonds is 5. The summed E-state index contributed by atoms with van der Waals surface area (Å²) in [6, 6.07) is 5.44. The van der Waals surface area contributed by atoms with Crippen LogP contribution in [0.1, 0.15) is 12.0 Å². The highest BCUT2D eigenvalue weighted by Crippen LogP contribution is 2.16. The summed E-state index contributed by atoms with van der Waals surface area (Å²) in [7, 11) is 0. The molecule has 4 nitrogen and oxygen atoms in total. The fraction of sp³-hybridized carbons (Fsp3) is 0.300. The van der Waals surface area contributed by atoms with Crippen molar-refractivity contribution < 1.29 is 9.53 Å². The van der Waals surface area contributed by atoms with Gasteiger partial charge >= 0.3 is 0 Å². The van der Waals surface area contributed by atoms with Crippen molar-refractivity contribution in [1.29, 1.82) is 0 Å². The van der Waals surface area contributed by atoms with Crippen LogP contribution in [0.4, 0.5) is 11.4 Å². The van der Waals surface area contributed by atoms with Gasteiger partial charge in [-0.15, -0.1) is 0 Å². The molecule has 0 aromatic heterocycles. The number of ether oxygens (including phenoxy) is 1. The molecule has 0 aliphatic rings. The summed E-state index contributed by atoms with van der Waals surface area (Å²) in [6.07, 6.45) is 1.56. The first-order valence-corrected chi connectivity index (χ1v) is 4.43. The summed E-state index contributed by atoms with van der Waals surface area (Å²) < 4.78 is 4.57. The van der Waals surface area contributed by atoms with E-state index in [1.165, 1.54) is 0 Å². The first-order chi connectivity index (χ1) is 6.74. The second-order valence-electron chi connectivity index (χ2n) is 3.03. The maximum Gasteiger partial charge on any atom is 0.293 e. The van der Waals surface area contributed by atoms with Crippen molar-refractivity contribution in [2.45, 2.75) is 12.8 Å². The van der Waals surface area contributed by atoms with Crippen molar-refractivity contribution in [3.63, 3.8) is 0 Å². The zero-order valence-corrected chi connectivity index (χ0v) is 7.90. The highest BCUT2D eigenvalue weighted by atomic mass is 16.5. The van der Waals surface area contributed by atoms with Gasteiger partial charge in [-0.1, -0.05) is 6.07 Å². The van der Waals surface area contributed by atoms with Crippen LogP contribution in [-0.2, 0) is 16.0 Å². The van der Waals surface area contributed by atoms with Crippen molar-refractivity contribution in [1.82, 2.24) is 0 Å². The monoisotopic (exact) mass is 194 g/mol. The maximum atomic E-state index is 9.86. The Balaban J connectivity index is 2.46. The molecule has 14 heavy (non-hydrogen) atoms. The molecular formula is C10H14N2O2. The first kappa shape index (κ1) is 10.4. The van der Waals surface area contributed by atoms with Crippen molar-refractivity contribution in [3.8, 4) is 0 Å². The molecule has 0 spiro atoms. The molecule has 0 atom stereocenters. The van der Waals surface area contributed by atoms with Gasteiger partial charge in [-0.3, -0.25) is 4.79 Å². The van der Waals surface area contributed by atoms with E-state index in [2.05, 4.69) is 4.74 Å². The molecule has 4 heteroatoms. The molecule has 0 radical (unpaired) electrons. The van der Waals surface area contributed by atoms with E-state index in [4.69, 9.17) is 11.5 Å². The van der Waals surface area contributed by atoms with E-state index in [0.717, 1.165) is 18.4 Å². The van der Waals surface area contributed by atoms with E-state index >= 15 is 0 Å². The molecule has 0 unspecified atom stereocenters. The van der Waals surface area contributed by atoms with Crippen LogP contribution < -0.4 is 11.5 Å². The van der Waals surface area contributed by atoms with Gasteiger partial charge in [0.1, 0.15) is 0 Å². The van der Waals surface area contributed by atoms with Crippen LogP contribution in [0.2, 0.25) is 0 Å². The predicted molar refractivity (Wildman–Crippen MR) is 55.6 cm³/mol. The SMILES string of the molecule is Nc1ccc(CCCOC=O)c(N)c1. The summed E-state index contributed by atoms with van der Waals surface area (Å²) in [5.41, 5.74) is 13.7. The van der Waals surface area contributed by atoms with Crippen molar-refractivity contribution in [2.24, 2.45) is 0 Å². The van der Waals surface area contributed by atoms with Gasteiger partial charge in [0.15, 0.2) is 0 Å². The van der Waals surface area contributed by atoms with E-state index in [0.29, 0.717) is 24.5 Å². The Kier molecular flexibility index (Phi) is 3.79. The van der Waals surface area contributed by atoms with Gasteiger partial charge in [0.2, 0.25) is 0 Å². The summed E-state index contributed by atoms with van der Waals surface area (Å²) in [4.78, 5) is 9.86. The molecule has 1 aromatic rings. The van der Waals surface area contributed by atoms with E-state index < -0.39 is 0 Å². The Morgan fingerprint density at radius 3 is 2.79 bits per heavy atom. The van der Waals surface area contributed by atoms with Crippen LogP contribution >= 0.6 is 0 Å². The second kappa shape index (κ2) is 5.11. The van der Waals surface area contributed by atoms with E-state index in [1.807, 2.05) is 12.1 Å². The van der Waals surface area contributed by atoms with E-state index in [-0.39, 0.29) is 0 Å². The van der Waals surface area contributed by atoms with E-state index in [1.54, 1.807) is 6.07 Å². The minimum Gasteiger partial charge on any atom is -0.468 e. The highest BCUT2D eigenvalue weighted by Gasteiger charge is 1.99. The third kappa shape index (κ3) is 2.97. The zero-order valence-electron chi connectivity index (χ0n) is 7.90. The number of carbonyl (C=O) groups excluding carboxylic acids is 1. The molecular weight excluding hydrogens is 180 g/mol. The van der Waals surface area contributed by atoms with Gasteiger partial charge in [-0.25, -0.2) is 0 Å². The standard InChI is InChI=1S/C10H14N2O2/c11-9-4-3-8(10(12)6-9)2-1-5-14-7-13/h3-4,6-7H,1-2,5,11-12H2. The number of hydrogen-bond acceptors (Lipinski definition) is 4. The Bertz CT molecular complexity index is 313. The van der Waals surface area contributed by atoms with Crippen molar-refractivity contribution in [3.05, 3.63) is 23.8 Å². The van der Waals surface area contributed by atoms with Crippen LogP contribution in [-0.4, -0.2) is 13.1 Å². The number of carbonyl (C=O) groups is 1. The number of nitrogens with two attached hydrogens (primary N) is 2. The number of nitrogen functional groups attached to an aromatic ring is 2. The zero-order chi connectivity index (χ0) is 10.4. The smallest absolute Gasteiger partial charge is 0.293 e. The molecule has 0 aliphatic carbocycles. The van der Waals surface area contributed by atoms with Crippen LogP contribution in [0.15, 0.2) is 18.2 Å². The van der Waals surface area contributed by atoms with E-state index in [9.17, 15) is 4.79 Å². The van der Waals surface area contributed by atoms with Gasteiger partial charge in [0.05, 0.1) is 6.61 Å². The Labute approximate surface area is 82.8 Å². The number of benzene rings is 1. The summed E-state index contributed by atoms with van der Waals surface area (Å²) in [5.74, 6) is 0. The topological polar surface area (TPSA) is 78.3 Å². The predicted octanol–water partition coefficient (Wildman–Crippen LogP) is 0.957. The molecule has 0 fully saturated rings. The minimum atomic E-state index is 0.424. The van der Waals surface area contributed by atoms with Crippen molar-refractivity contribution in [2.75, 3.05) is 18.1 Å². The summed E-state index contributed by atoms with van der Waals surface area (Å²) in [5, 5.41) is 0. The Hall–Kier alpha value is -1.71. The van der Waals surface area contributed by atoms with Crippen LogP contribution in [0.5, 0.6) is 0 Å². The lowest BCUT2D eigenvalue weighted by Crippen LogP contribution is -1.99. The molecule has 0 saturated heterocycles. The normalized spacial score (nSPS) is 9.71. The number of anilines is 2. The number of aryl methyl sites for hydroxylation is 1. The van der Waals surface area contributed by atoms with Gasteiger partial charge < -0.3 is 16.2 Å². The molecule has 0 bridgehead atoms. The molecule has 1 rings (SSSR count). The molecule has 0 aliphatic heterocycles. The quantitative estimate of drug-likeness (QED) is 0.415. The third-order valence-electron chi connectivity index (χ3n) is 1.95. The first-order valence-electron chi connectivity index (χ1n) is 4.43. The van der Waals surface area contributed by atoms with Crippen LogP contribution in [0.3, 0.4) is 0 Å². The fourth-order valence-corrected chi connectivity index (χ4v) is 1.24. The van der Waals surface area contributed by atoms with Crippen LogP contribution in [0.25, 0.3) is 0 Å². The lowest BCUT2D eigenvalue weighted by molar-refractivity contribution is -0.128. The molecule has 76 valence electrons. The second-order valence-corrected chi connectivity index (χ2v) is 3.03. The summed E-state index contributed by atoms with van der Waals surface area (Å²) >= 11 is 0. The van der Waals surface area contributed by atoms with Crippen molar-refractivity contribution >= 4 is 17.8 Å². The molecule has 0 saturated carbocycles. The third-order valence-corrected chi connectivity index (χ3v) is 1.95. The Morgan fingerprint density at radius 1 is 1.36 bits per heavy atom. The van der Waals surface area contributed by atoms with Gasteiger partial charge in [-0.2, -0.15) is 0 Å². The molecule has 0 amide bonds. The highest BCUT2D eigenvalue weighted by molar-refractivity contribution is 5.56.